The minimum absolute atomic E-state index is 0.179. The molecule has 2 aromatic rings. The minimum Gasteiger partial charge on any atom is -0.361 e. The molecule has 0 aromatic carbocycles. The van der Waals surface area contributed by atoms with Gasteiger partial charge in [0.25, 0.3) is 0 Å². The molecule has 0 fully saturated rings. The Morgan fingerprint density at radius 3 is 2.87 bits per heavy atom. The summed E-state index contributed by atoms with van der Waals surface area (Å²) in [7, 11) is 0. The zero-order valence-electron chi connectivity index (χ0n) is 8.64. The van der Waals surface area contributed by atoms with Crippen molar-refractivity contribution in [2.24, 2.45) is 0 Å². The van der Waals surface area contributed by atoms with Gasteiger partial charge in [0.1, 0.15) is 17.2 Å². The molecule has 5 heteroatoms. The Morgan fingerprint density at radius 1 is 1.40 bits per heavy atom. The molecule has 2 rings (SSSR count). The van der Waals surface area contributed by atoms with Crippen LogP contribution in [0.15, 0.2) is 24.8 Å². The highest BCUT2D eigenvalue weighted by atomic mass is 32.1. The van der Waals surface area contributed by atoms with Crippen LogP contribution in [0.5, 0.6) is 0 Å². The van der Waals surface area contributed by atoms with Crippen LogP contribution in [0.1, 0.15) is 22.9 Å². The molecule has 4 nitrogen and oxygen atoms in total. The summed E-state index contributed by atoms with van der Waals surface area (Å²) in [5, 5.41) is 4.34. The normalized spacial score (nSPS) is 12.4. The molecule has 1 atom stereocenters. The number of anilines is 1. The van der Waals surface area contributed by atoms with E-state index in [9.17, 15) is 0 Å². The summed E-state index contributed by atoms with van der Waals surface area (Å²) in [6.45, 7) is 4.12. The second-order valence-electron chi connectivity index (χ2n) is 3.27. The largest absolute Gasteiger partial charge is 0.361 e. The fourth-order valence-electron chi connectivity index (χ4n) is 1.23. The van der Waals surface area contributed by atoms with Gasteiger partial charge in [-0.3, -0.25) is 0 Å². The Morgan fingerprint density at radius 2 is 2.27 bits per heavy atom. The van der Waals surface area contributed by atoms with Crippen molar-refractivity contribution in [3.63, 3.8) is 0 Å². The maximum Gasteiger partial charge on any atom is 0.129 e. The van der Waals surface area contributed by atoms with Gasteiger partial charge in [-0.1, -0.05) is 0 Å². The minimum atomic E-state index is 0.179. The van der Waals surface area contributed by atoms with Crippen LogP contribution in [-0.4, -0.2) is 15.0 Å². The van der Waals surface area contributed by atoms with Crippen LogP contribution in [0.25, 0.3) is 0 Å². The molecule has 1 unspecified atom stereocenters. The van der Waals surface area contributed by atoms with Gasteiger partial charge >= 0.3 is 0 Å². The smallest absolute Gasteiger partial charge is 0.129 e. The summed E-state index contributed by atoms with van der Waals surface area (Å²) in [6.07, 6.45) is 5.13. The standard InChI is InChI=1S/C10H12N4S/c1-7-5-12-10(15-7)8(2)14-9-3-4-11-6-13-9/h3-6,8H,1-2H3,(H,11,13,14). The van der Waals surface area contributed by atoms with Crippen LogP contribution in [0.3, 0.4) is 0 Å². The maximum absolute atomic E-state index is 4.32. The van der Waals surface area contributed by atoms with Crippen LogP contribution in [-0.2, 0) is 0 Å². The molecular formula is C10H12N4S. The van der Waals surface area contributed by atoms with Gasteiger partial charge in [0.05, 0.1) is 6.04 Å². The van der Waals surface area contributed by atoms with Crippen molar-refractivity contribution in [3.05, 3.63) is 34.7 Å². The zero-order chi connectivity index (χ0) is 10.7. The van der Waals surface area contributed by atoms with Gasteiger partial charge in [-0.05, 0) is 19.9 Å². The number of thiazole rings is 1. The van der Waals surface area contributed by atoms with Crippen LogP contribution in [0.4, 0.5) is 5.82 Å². The molecule has 2 aromatic heterocycles. The van der Waals surface area contributed by atoms with Crippen molar-refractivity contribution in [2.75, 3.05) is 5.32 Å². The average Bonchev–Trinajstić information content (AvgIpc) is 2.66. The van der Waals surface area contributed by atoms with Gasteiger partial charge in [-0.25, -0.2) is 15.0 Å². The second kappa shape index (κ2) is 4.35. The lowest BCUT2D eigenvalue weighted by Crippen LogP contribution is -2.07. The molecule has 0 amide bonds. The first-order valence-corrected chi connectivity index (χ1v) is 5.52. The summed E-state index contributed by atoms with van der Waals surface area (Å²) in [5.74, 6) is 0.824. The van der Waals surface area contributed by atoms with Crippen molar-refractivity contribution in [3.8, 4) is 0 Å². The molecule has 0 bridgehead atoms. The molecule has 78 valence electrons. The van der Waals surface area contributed by atoms with E-state index < -0.39 is 0 Å². The monoisotopic (exact) mass is 220 g/mol. The molecule has 0 aliphatic heterocycles. The third-order valence-electron chi connectivity index (χ3n) is 1.96. The molecule has 0 saturated carbocycles. The third-order valence-corrected chi connectivity index (χ3v) is 3.05. The molecule has 15 heavy (non-hydrogen) atoms. The first-order chi connectivity index (χ1) is 7.25. The van der Waals surface area contributed by atoms with Crippen LogP contribution in [0.2, 0.25) is 0 Å². The van der Waals surface area contributed by atoms with Crippen molar-refractivity contribution >= 4 is 17.2 Å². The van der Waals surface area contributed by atoms with Gasteiger partial charge in [0.2, 0.25) is 0 Å². The van der Waals surface area contributed by atoms with Gasteiger partial charge in [-0.15, -0.1) is 11.3 Å². The number of aromatic nitrogens is 3. The fraction of sp³-hybridized carbons (Fsp3) is 0.300. The fourth-order valence-corrected chi connectivity index (χ4v) is 2.01. The van der Waals surface area contributed by atoms with Crippen LogP contribution < -0.4 is 5.32 Å². The predicted molar refractivity (Wildman–Crippen MR) is 60.9 cm³/mol. The zero-order valence-corrected chi connectivity index (χ0v) is 9.45. The van der Waals surface area contributed by atoms with Crippen LogP contribution in [0, 0.1) is 6.92 Å². The SMILES string of the molecule is Cc1cnc(C(C)Nc2ccncn2)s1. The van der Waals surface area contributed by atoms with E-state index in [4.69, 9.17) is 0 Å². The van der Waals surface area contributed by atoms with E-state index in [1.54, 1.807) is 17.5 Å². The molecule has 0 radical (unpaired) electrons. The molecule has 0 aliphatic rings. The van der Waals surface area contributed by atoms with Crippen molar-refractivity contribution in [2.45, 2.75) is 19.9 Å². The second-order valence-corrected chi connectivity index (χ2v) is 4.54. The number of hydrogen-bond donors (Lipinski definition) is 1. The number of aryl methyl sites for hydroxylation is 1. The Balaban J connectivity index is 2.07. The van der Waals surface area contributed by atoms with E-state index in [0.717, 1.165) is 10.8 Å². The maximum atomic E-state index is 4.32. The van der Waals surface area contributed by atoms with Gasteiger partial charge < -0.3 is 5.32 Å². The van der Waals surface area contributed by atoms with E-state index in [1.165, 1.54) is 11.2 Å². The Kier molecular flexibility index (Phi) is 2.91. The first kappa shape index (κ1) is 10.0. The third kappa shape index (κ3) is 2.50. The summed E-state index contributed by atoms with van der Waals surface area (Å²) >= 11 is 1.70. The number of nitrogens with zero attached hydrogens (tertiary/aromatic N) is 3. The number of hydrogen-bond acceptors (Lipinski definition) is 5. The highest BCUT2D eigenvalue weighted by Gasteiger charge is 2.09. The Bertz CT molecular complexity index is 426. The summed E-state index contributed by atoms with van der Waals surface area (Å²) in [4.78, 5) is 13.5. The lowest BCUT2D eigenvalue weighted by atomic mass is 10.3. The molecule has 0 saturated heterocycles. The van der Waals surface area contributed by atoms with Crippen molar-refractivity contribution in [1.29, 1.82) is 0 Å². The van der Waals surface area contributed by atoms with E-state index >= 15 is 0 Å². The van der Waals surface area contributed by atoms with E-state index in [2.05, 4.69) is 34.1 Å². The lowest BCUT2D eigenvalue weighted by molar-refractivity contribution is 0.858. The van der Waals surface area contributed by atoms with Gasteiger partial charge in [0.15, 0.2) is 0 Å². The number of nitrogens with one attached hydrogen (secondary N) is 1. The predicted octanol–water partition coefficient (Wildman–Crippen LogP) is 2.41. The molecule has 0 spiro atoms. The highest BCUT2D eigenvalue weighted by Crippen LogP contribution is 2.21. The van der Waals surface area contributed by atoms with Gasteiger partial charge in [0, 0.05) is 17.3 Å². The highest BCUT2D eigenvalue weighted by molar-refractivity contribution is 7.11. The Hall–Kier alpha value is -1.49. The lowest BCUT2D eigenvalue weighted by Gasteiger charge is -2.10. The van der Waals surface area contributed by atoms with Gasteiger partial charge in [-0.2, -0.15) is 0 Å². The quantitative estimate of drug-likeness (QED) is 0.863. The molecular weight excluding hydrogens is 208 g/mol. The number of rotatable bonds is 3. The topological polar surface area (TPSA) is 50.7 Å². The van der Waals surface area contributed by atoms with Crippen LogP contribution >= 0.6 is 11.3 Å². The van der Waals surface area contributed by atoms with E-state index in [-0.39, 0.29) is 6.04 Å². The van der Waals surface area contributed by atoms with E-state index in [0.29, 0.717) is 0 Å². The average molecular weight is 220 g/mol. The molecule has 2 heterocycles. The summed E-state index contributed by atoms with van der Waals surface area (Å²) in [6, 6.07) is 2.02. The van der Waals surface area contributed by atoms with Crippen molar-refractivity contribution < 1.29 is 0 Å². The molecule has 1 N–H and O–H groups in total. The Labute approximate surface area is 92.4 Å². The van der Waals surface area contributed by atoms with Crippen molar-refractivity contribution in [1.82, 2.24) is 15.0 Å². The summed E-state index contributed by atoms with van der Waals surface area (Å²) < 4.78 is 0. The van der Waals surface area contributed by atoms with E-state index in [1.807, 2.05) is 12.3 Å². The first-order valence-electron chi connectivity index (χ1n) is 4.70. The molecule has 0 aliphatic carbocycles. The summed E-state index contributed by atoms with van der Waals surface area (Å²) in [5.41, 5.74) is 0.